The molecule has 0 saturated heterocycles. The summed E-state index contributed by atoms with van der Waals surface area (Å²) in [5.41, 5.74) is 0.726. The number of hydrogen-bond donors (Lipinski definition) is 1. The van der Waals surface area contributed by atoms with Gasteiger partial charge < -0.3 is 15.0 Å². The molecule has 0 aliphatic carbocycles. The Morgan fingerprint density at radius 2 is 1.94 bits per heavy atom. The van der Waals surface area contributed by atoms with Gasteiger partial charge in [0.2, 0.25) is 5.91 Å². The maximum absolute atomic E-state index is 11.1. The fourth-order valence-electron chi connectivity index (χ4n) is 1.71. The number of ether oxygens (including phenoxy) is 1. The summed E-state index contributed by atoms with van der Waals surface area (Å²) in [5.74, 6) is 0.634. The second kappa shape index (κ2) is 7.71. The van der Waals surface area contributed by atoms with Crippen LogP contribution in [0.4, 0.5) is 5.69 Å². The Balaban J connectivity index is 2.53. The molecule has 0 heterocycles. The van der Waals surface area contributed by atoms with Crippen LogP contribution in [0.2, 0.25) is 0 Å². The van der Waals surface area contributed by atoms with Crippen molar-refractivity contribution >= 4 is 11.6 Å². The van der Waals surface area contributed by atoms with Crippen molar-refractivity contribution in [1.82, 2.24) is 4.90 Å². The van der Waals surface area contributed by atoms with E-state index in [1.165, 1.54) is 6.92 Å². The third kappa shape index (κ3) is 4.75. The Labute approximate surface area is 109 Å². The molecule has 100 valence electrons. The van der Waals surface area contributed by atoms with E-state index in [0.717, 1.165) is 31.1 Å². The minimum atomic E-state index is -0.0882. The maximum Gasteiger partial charge on any atom is 0.221 e. The lowest BCUT2D eigenvalue weighted by Gasteiger charge is -2.18. The number of para-hydroxylation sites is 2. The number of nitrogens with zero attached hydrogens (tertiary/aromatic N) is 1. The molecule has 18 heavy (non-hydrogen) atoms. The smallest absolute Gasteiger partial charge is 0.221 e. The van der Waals surface area contributed by atoms with Crippen LogP contribution in [0.15, 0.2) is 24.3 Å². The predicted octanol–water partition coefficient (Wildman–Crippen LogP) is 2.37. The molecule has 0 fully saturated rings. The highest BCUT2D eigenvalue weighted by Crippen LogP contribution is 2.23. The Morgan fingerprint density at radius 1 is 1.28 bits per heavy atom. The molecule has 0 aromatic heterocycles. The molecule has 0 saturated carbocycles. The maximum atomic E-state index is 11.1. The van der Waals surface area contributed by atoms with Gasteiger partial charge in [-0.3, -0.25) is 4.79 Å². The quantitative estimate of drug-likeness (QED) is 0.807. The summed E-state index contributed by atoms with van der Waals surface area (Å²) in [4.78, 5) is 13.4. The summed E-state index contributed by atoms with van der Waals surface area (Å²) >= 11 is 0. The van der Waals surface area contributed by atoms with E-state index in [2.05, 4.69) is 24.1 Å². The topological polar surface area (TPSA) is 41.6 Å². The first-order valence-electron chi connectivity index (χ1n) is 6.39. The highest BCUT2D eigenvalue weighted by molar-refractivity contribution is 5.90. The van der Waals surface area contributed by atoms with Gasteiger partial charge in [-0.25, -0.2) is 0 Å². The summed E-state index contributed by atoms with van der Waals surface area (Å²) in [6, 6.07) is 7.49. The number of nitrogens with one attached hydrogen (secondary N) is 1. The normalized spacial score (nSPS) is 10.4. The predicted molar refractivity (Wildman–Crippen MR) is 74.0 cm³/mol. The van der Waals surface area contributed by atoms with Crippen molar-refractivity contribution < 1.29 is 9.53 Å². The van der Waals surface area contributed by atoms with E-state index in [1.54, 1.807) is 0 Å². The average Bonchev–Trinajstić information content (AvgIpc) is 2.36. The largest absolute Gasteiger partial charge is 0.490 e. The number of hydrogen-bond acceptors (Lipinski definition) is 3. The van der Waals surface area contributed by atoms with Crippen molar-refractivity contribution in [1.29, 1.82) is 0 Å². The molecule has 0 aliphatic rings. The Kier molecular flexibility index (Phi) is 6.22. The molecule has 1 aromatic carbocycles. The summed E-state index contributed by atoms with van der Waals surface area (Å²) in [6.45, 7) is 9.32. The van der Waals surface area contributed by atoms with Crippen molar-refractivity contribution in [2.75, 3.05) is 31.6 Å². The number of anilines is 1. The van der Waals surface area contributed by atoms with Gasteiger partial charge in [0, 0.05) is 13.5 Å². The van der Waals surface area contributed by atoms with Crippen LogP contribution in [-0.4, -0.2) is 37.0 Å². The second-order valence-electron chi connectivity index (χ2n) is 4.05. The standard InChI is InChI=1S/C14H22N2O2/c1-4-16(5-2)10-11-18-14-9-7-6-8-13(14)15-12(3)17/h6-9H,4-5,10-11H2,1-3H3,(H,15,17). The first-order chi connectivity index (χ1) is 8.67. The van der Waals surface area contributed by atoms with Crippen LogP contribution in [0.5, 0.6) is 5.75 Å². The van der Waals surface area contributed by atoms with Crippen molar-refractivity contribution in [3.8, 4) is 5.75 Å². The van der Waals surface area contributed by atoms with Crippen molar-refractivity contribution in [2.24, 2.45) is 0 Å². The number of carbonyl (C=O) groups is 1. The lowest BCUT2D eigenvalue weighted by molar-refractivity contribution is -0.114. The van der Waals surface area contributed by atoms with Gasteiger partial charge in [0.05, 0.1) is 5.69 Å². The van der Waals surface area contributed by atoms with Crippen LogP contribution >= 0.6 is 0 Å². The van der Waals surface area contributed by atoms with Gasteiger partial charge in [-0.05, 0) is 25.2 Å². The van der Waals surface area contributed by atoms with Crippen LogP contribution < -0.4 is 10.1 Å². The highest BCUT2D eigenvalue weighted by Gasteiger charge is 2.05. The van der Waals surface area contributed by atoms with E-state index in [9.17, 15) is 4.79 Å². The molecule has 1 rings (SSSR count). The summed E-state index contributed by atoms with van der Waals surface area (Å²) in [6.07, 6.45) is 0. The molecule has 0 bridgehead atoms. The number of likely N-dealkylation sites (N-methyl/N-ethyl adjacent to an activating group) is 1. The van der Waals surface area contributed by atoms with Gasteiger partial charge in [-0.1, -0.05) is 26.0 Å². The molecule has 0 atom stereocenters. The number of rotatable bonds is 7. The first-order valence-corrected chi connectivity index (χ1v) is 6.39. The molecule has 1 aromatic rings. The monoisotopic (exact) mass is 250 g/mol. The zero-order valence-electron chi connectivity index (χ0n) is 11.4. The average molecular weight is 250 g/mol. The summed E-state index contributed by atoms with van der Waals surface area (Å²) in [5, 5.41) is 2.76. The SMILES string of the molecule is CCN(CC)CCOc1ccccc1NC(C)=O. The van der Waals surface area contributed by atoms with Crippen LogP contribution in [0.3, 0.4) is 0 Å². The van der Waals surface area contributed by atoms with E-state index in [1.807, 2.05) is 24.3 Å². The number of carbonyl (C=O) groups excluding carboxylic acids is 1. The van der Waals surface area contributed by atoms with E-state index in [-0.39, 0.29) is 5.91 Å². The minimum absolute atomic E-state index is 0.0882. The molecular formula is C14H22N2O2. The van der Waals surface area contributed by atoms with E-state index in [0.29, 0.717) is 6.61 Å². The van der Waals surface area contributed by atoms with Gasteiger partial charge in [-0.2, -0.15) is 0 Å². The lowest BCUT2D eigenvalue weighted by atomic mass is 10.3. The zero-order valence-corrected chi connectivity index (χ0v) is 11.4. The van der Waals surface area contributed by atoms with Gasteiger partial charge in [0.15, 0.2) is 0 Å². The van der Waals surface area contributed by atoms with Crippen LogP contribution in [0.1, 0.15) is 20.8 Å². The molecule has 0 spiro atoms. The number of benzene rings is 1. The third-order valence-electron chi connectivity index (χ3n) is 2.76. The Hall–Kier alpha value is -1.55. The third-order valence-corrected chi connectivity index (χ3v) is 2.76. The molecular weight excluding hydrogens is 228 g/mol. The highest BCUT2D eigenvalue weighted by atomic mass is 16.5. The zero-order chi connectivity index (χ0) is 13.4. The van der Waals surface area contributed by atoms with Crippen LogP contribution in [-0.2, 0) is 4.79 Å². The van der Waals surface area contributed by atoms with E-state index in [4.69, 9.17) is 4.74 Å². The fourth-order valence-corrected chi connectivity index (χ4v) is 1.71. The summed E-state index contributed by atoms with van der Waals surface area (Å²) in [7, 11) is 0. The Bertz CT molecular complexity index is 376. The van der Waals surface area contributed by atoms with Crippen LogP contribution in [0.25, 0.3) is 0 Å². The van der Waals surface area contributed by atoms with Gasteiger partial charge in [0.25, 0.3) is 0 Å². The fraction of sp³-hybridized carbons (Fsp3) is 0.500. The van der Waals surface area contributed by atoms with E-state index >= 15 is 0 Å². The van der Waals surface area contributed by atoms with Crippen LogP contribution in [0, 0.1) is 0 Å². The Morgan fingerprint density at radius 3 is 2.56 bits per heavy atom. The molecule has 4 nitrogen and oxygen atoms in total. The van der Waals surface area contributed by atoms with Crippen molar-refractivity contribution in [3.63, 3.8) is 0 Å². The molecule has 1 N–H and O–H groups in total. The lowest BCUT2D eigenvalue weighted by Crippen LogP contribution is -2.28. The summed E-state index contributed by atoms with van der Waals surface area (Å²) < 4.78 is 5.72. The van der Waals surface area contributed by atoms with Gasteiger partial charge in [0.1, 0.15) is 12.4 Å². The van der Waals surface area contributed by atoms with E-state index < -0.39 is 0 Å². The van der Waals surface area contributed by atoms with Gasteiger partial charge in [-0.15, -0.1) is 0 Å². The minimum Gasteiger partial charge on any atom is -0.490 e. The molecule has 0 unspecified atom stereocenters. The molecule has 0 aliphatic heterocycles. The number of amides is 1. The first kappa shape index (κ1) is 14.5. The molecule has 0 radical (unpaired) electrons. The van der Waals surface area contributed by atoms with Gasteiger partial charge >= 0.3 is 0 Å². The second-order valence-corrected chi connectivity index (χ2v) is 4.05. The van der Waals surface area contributed by atoms with Crippen molar-refractivity contribution in [3.05, 3.63) is 24.3 Å². The van der Waals surface area contributed by atoms with Crippen molar-refractivity contribution in [2.45, 2.75) is 20.8 Å². The molecule has 1 amide bonds. The molecule has 4 heteroatoms.